The first kappa shape index (κ1) is 32.0. The molecule has 11 aromatic rings. The summed E-state index contributed by atoms with van der Waals surface area (Å²) in [5.41, 5.74) is 11.7. The Morgan fingerprint density at radius 2 is 0.804 bits per heavy atom. The van der Waals surface area contributed by atoms with Crippen LogP contribution in [0, 0.1) is 0 Å². The molecule has 0 saturated heterocycles. The standard InChI is InChI=1S/C54H36N2/c1-2-17-47(18-3-1)56-51-21-9-8-20-50(51)54-52(22-11-23-53(54)56)55(49-31-30-38-13-5-7-15-40(38)35-49)48-19-10-16-41(36-48)42-26-27-46-34-45(29-28-44(46)33-42)43-25-24-37-12-4-6-14-39(37)32-43/h1-36H. The molecule has 262 valence electrons. The van der Waals surface area contributed by atoms with Crippen molar-refractivity contribution in [3.05, 3.63) is 218 Å². The van der Waals surface area contributed by atoms with Crippen molar-refractivity contribution in [2.45, 2.75) is 0 Å². The lowest BCUT2D eigenvalue weighted by atomic mass is 9.96. The Labute approximate surface area is 325 Å². The van der Waals surface area contributed by atoms with Gasteiger partial charge in [-0.2, -0.15) is 0 Å². The molecule has 0 fully saturated rings. The van der Waals surface area contributed by atoms with Gasteiger partial charge in [0.25, 0.3) is 0 Å². The van der Waals surface area contributed by atoms with E-state index >= 15 is 0 Å². The first-order valence-corrected chi connectivity index (χ1v) is 19.3. The molecule has 0 saturated carbocycles. The lowest BCUT2D eigenvalue weighted by Crippen LogP contribution is -2.10. The number of rotatable bonds is 6. The van der Waals surface area contributed by atoms with E-state index in [4.69, 9.17) is 0 Å². The lowest BCUT2D eigenvalue weighted by Gasteiger charge is -2.27. The largest absolute Gasteiger partial charge is 0.310 e. The van der Waals surface area contributed by atoms with E-state index in [9.17, 15) is 0 Å². The molecule has 0 radical (unpaired) electrons. The van der Waals surface area contributed by atoms with Crippen LogP contribution in [0.1, 0.15) is 0 Å². The first-order valence-electron chi connectivity index (χ1n) is 19.3. The molecule has 1 heterocycles. The molecule has 10 aromatic carbocycles. The second-order valence-electron chi connectivity index (χ2n) is 14.6. The zero-order valence-electron chi connectivity index (χ0n) is 30.7. The summed E-state index contributed by atoms with van der Waals surface area (Å²) in [6, 6.07) is 79.6. The van der Waals surface area contributed by atoms with Gasteiger partial charge in [0.2, 0.25) is 0 Å². The minimum absolute atomic E-state index is 1.11. The van der Waals surface area contributed by atoms with E-state index in [1.54, 1.807) is 0 Å². The molecule has 2 heteroatoms. The monoisotopic (exact) mass is 712 g/mol. The Morgan fingerprint density at radius 1 is 0.304 bits per heavy atom. The van der Waals surface area contributed by atoms with Crippen LogP contribution in [-0.2, 0) is 0 Å². The second-order valence-corrected chi connectivity index (χ2v) is 14.6. The minimum Gasteiger partial charge on any atom is -0.310 e. The fourth-order valence-corrected chi connectivity index (χ4v) is 8.58. The normalized spacial score (nSPS) is 11.6. The molecule has 0 unspecified atom stereocenters. The second kappa shape index (κ2) is 13.2. The Bertz CT molecular complexity index is 3260. The van der Waals surface area contributed by atoms with Gasteiger partial charge in [0, 0.05) is 27.8 Å². The van der Waals surface area contributed by atoms with Crippen molar-refractivity contribution < 1.29 is 0 Å². The highest BCUT2D eigenvalue weighted by Crippen LogP contribution is 2.45. The highest BCUT2D eigenvalue weighted by Gasteiger charge is 2.21. The van der Waals surface area contributed by atoms with Crippen LogP contribution >= 0.6 is 0 Å². The zero-order chi connectivity index (χ0) is 37.0. The van der Waals surface area contributed by atoms with E-state index in [0.29, 0.717) is 0 Å². The summed E-state index contributed by atoms with van der Waals surface area (Å²) in [5, 5.41) is 9.86. The number of para-hydroxylation sites is 2. The quantitative estimate of drug-likeness (QED) is 0.167. The van der Waals surface area contributed by atoms with Crippen molar-refractivity contribution in [3.63, 3.8) is 0 Å². The van der Waals surface area contributed by atoms with Crippen LogP contribution in [0.15, 0.2) is 218 Å². The van der Waals surface area contributed by atoms with Gasteiger partial charge in [-0.05, 0) is 127 Å². The Kier molecular flexibility index (Phi) is 7.53. The van der Waals surface area contributed by atoms with Crippen molar-refractivity contribution in [2.24, 2.45) is 0 Å². The van der Waals surface area contributed by atoms with E-state index in [1.807, 2.05) is 0 Å². The Morgan fingerprint density at radius 3 is 1.52 bits per heavy atom. The molecule has 2 nitrogen and oxygen atoms in total. The van der Waals surface area contributed by atoms with Crippen LogP contribution in [0.4, 0.5) is 17.1 Å². The van der Waals surface area contributed by atoms with Gasteiger partial charge in [-0.15, -0.1) is 0 Å². The summed E-state index contributed by atoms with van der Waals surface area (Å²) >= 11 is 0. The fraction of sp³-hybridized carbons (Fsp3) is 0. The summed E-state index contributed by atoms with van der Waals surface area (Å²) in [6.45, 7) is 0. The average molecular weight is 713 g/mol. The predicted octanol–water partition coefficient (Wildman–Crippen LogP) is 15.0. The molecule has 0 aliphatic rings. The van der Waals surface area contributed by atoms with Crippen molar-refractivity contribution in [1.29, 1.82) is 0 Å². The first-order chi connectivity index (χ1) is 27.7. The SMILES string of the molecule is c1ccc(-n2c3ccccc3c3c(N(c4cccc(-c5ccc6cc(-c7ccc8ccccc8c7)ccc6c5)c4)c4ccc5ccccc5c4)cccc32)cc1. The summed E-state index contributed by atoms with van der Waals surface area (Å²) in [5.74, 6) is 0. The third-order valence-corrected chi connectivity index (χ3v) is 11.3. The molecule has 0 spiro atoms. The fourth-order valence-electron chi connectivity index (χ4n) is 8.58. The summed E-state index contributed by atoms with van der Waals surface area (Å²) in [6.07, 6.45) is 0. The molecule has 56 heavy (non-hydrogen) atoms. The third kappa shape index (κ3) is 5.42. The summed E-state index contributed by atoms with van der Waals surface area (Å²) in [4.78, 5) is 2.44. The zero-order valence-corrected chi connectivity index (χ0v) is 30.7. The van der Waals surface area contributed by atoms with Gasteiger partial charge in [0.15, 0.2) is 0 Å². The van der Waals surface area contributed by atoms with Crippen LogP contribution in [0.5, 0.6) is 0 Å². The summed E-state index contributed by atoms with van der Waals surface area (Å²) < 4.78 is 2.39. The van der Waals surface area contributed by atoms with Gasteiger partial charge in [-0.25, -0.2) is 0 Å². The van der Waals surface area contributed by atoms with E-state index in [2.05, 4.69) is 228 Å². The van der Waals surface area contributed by atoms with E-state index in [1.165, 1.54) is 76.4 Å². The average Bonchev–Trinajstić information content (AvgIpc) is 3.61. The lowest BCUT2D eigenvalue weighted by molar-refractivity contribution is 1.18. The number of hydrogen-bond donors (Lipinski definition) is 0. The third-order valence-electron chi connectivity index (χ3n) is 11.3. The molecule has 0 aliphatic carbocycles. The van der Waals surface area contributed by atoms with Crippen molar-refractivity contribution >= 4 is 71.2 Å². The molecule has 1 aromatic heterocycles. The van der Waals surface area contributed by atoms with Crippen molar-refractivity contribution in [3.8, 4) is 27.9 Å². The Balaban J connectivity index is 1.06. The van der Waals surface area contributed by atoms with Gasteiger partial charge in [0.1, 0.15) is 0 Å². The predicted molar refractivity (Wildman–Crippen MR) is 239 cm³/mol. The van der Waals surface area contributed by atoms with Gasteiger partial charge >= 0.3 is 0 Å². The van der Waals surface area contributed by atoms with E-state index in [-0.39, 0.29) is 0 Å². The number of nitrogens with zero attached hydrogens (tertiary/aromatic N) is 2. The van der Waals surface area contributed by atoms with Crippen LogP contribution in [-0.4, -0.2) is 4.57 Å². The van der Waals surface area contributed by atoms with E-state index < -0.39 is 0 Å². The number of aromatic nitrogens is 1. The maximum atomic E-state index is 2.44. The van der Waals surface area contributed by atoms with Gasteiger partial charge in [-0.1, -0.05) is 146 Å². The van der Waals surface area contributed by atoms with Crippen LogP contribution in [0.2, 0.25) is 0 Å². The molecular formula is C54H36N2. The van der Waals surface area contributed by atoms with E-state index in [0.717, 1.165) is 22.7 Å². The van der Waals surface area contributed by atoms with Gasteiger partial charge in [0.05, 0.1) is 16.7 Å². The van der Waals surface area contributed by atoms with Crippen LogP contribution in [0.25, 0.3) is 82.1 Å². The maximum absolute atomic E-state index is 2.44. The Hall–Kier alpha value is -7.42. The molecule has 0 amide bonds. The maximum Gasteiger partial charge on any atom is 0.0562 e. The number of benzene rings is 10. The van der Waals surface area contributed by atoms with Gasteiger partial charge < -0.3 is 9.47 Å². The molecular weight excluding hydrogens is 677 g/mol. The molecule has 0 bridgehead atoms. The number of anilines is 3. The van der Waals surface area contributed by atoms with Crippen molar-refractivity contribution in [1.82, 2.24) is 4.57 Å². The minimum atomic E-state index is 1.11. The molecule has 0 aliphatic heterocycles. The number of hydrogen-bond acceptors (Lipinski definition) is 1. The number of fused-ring (bicyclic) bond motifs is 6. The smallest absolute Gasteiger partial charge is 0.0562 e. The molecule has 11 rings (SSSR count). The molecule has 0 N–H and O–H groups in total. The summed E-state index contributed by atoms with van der Waals surface area (Å²) in [7, 11) is 0. The topological polar surface area (TPSA) is 8.17 Å². The highest BCUT2D eigenvalue weighted by atomic mass is 15.1. The highest BCUT2D eigenvalue weighted by molar-refractivity contribution is 6.16. The molecule has 0 atom stereocenters. The van der Waals surface area contributed by atoms with Crippen molar-refractivity contribution in [2.75, 3.05) is 4.90 Å². The van der Waals surface area contributed by atoms with Crippen LogP contribution in [0.3, 0.4) is 0 Å². The van der Waals surface area contributed by atoms with Gasteiger partial charge in [-0.3, -0.25) is 0 Å². The van der Waals surface area contributed by atoms with Crippen LogP contribution < -0.4 is 4.90 Å².